The molecule has 4 nitrogen and oxygen atoms in total. The number of nitrogens with zero attached hydrogens (tertiary/aromatic N) is 1. The zero-order valence-electron chi connectivity index (χ0n) is 11.8. The van der Waals surface area contributed by atoms with Gasteiger partial charge in [-0.15, -0.1) is 0 Å². The minimum Gasteiger partial charge on any atom is -0.504 e. The molecule has 1 N–H and O–H groups in total. The zero-order valence-corrected chi connectivity index (χ0v) is 11.8. The van der Waals surface area contributed by atoms with Crippen LogP contribution >= 0.6 is 0 Å². The third-order valence-corrected chi connectivity index (χ3v) is 3.37. The molecule has 0 saturated heterocycles. The van der Waals surface area contributed by atoms with Crippen molar-refractivity contribution in [3.8, 4) is 28.5 Å². The lowest BCUT2D eigenvalue weighted by Crippen LogP contribution is -1.92. The predicted molar refractivity (Wildman–Crippen MR) is 81.9 cm³/mol. The van der Waals surface area contributed by atoms with Crippen LogP contribution in [-0.4, -0.2) is 24.3 Å². The lowest BCUT2D eigenvalue weighted by atomic mass is 10.1. The minimum atomic E-state index is 0.106. The fourth-order valence-electron chi connectivity index (χ4n) is 2.30. The molecule has 0 saturated carbocycles. The summed E-state index contributed by atoms with van der Waals surface area (Å²) in [5.41, 5.74) is 2.48. The van der Waals surface area contributed by atoms with Crippen LogP contribution in [0, 0.1) is 0 Å². The van der Waals surface area contributed by atoms with Crippen LogP contribution in [0.15, 0.2) is 48.5 Å². The fraction of sp³-hybridized carbons (Fsp3) is 0.118. The van der Waals surface area contributed by atoms with Crippen LogP contribution < -0.4 is 9.47 Å². The second-order valence-corrected chi connectivity index (χ2v) is 4.61. The first kappa shape index (κ1) is 13.2. The van der Waals surface area contributed by atoms with E-state index in [1.165, 1.54) is 7.11 Å². The molecule has 0 aliphatic carbocycles. The van der Waals surface area contributed by atoms with E-state index >= 15 is 0 Å². The van der Waals surface area contributed by atoms with Crippen molar-refractivity contribution in [2.24, 2.45) is 0 Å². The molecule has 0 bridgehead atoms. The smallest absolute Gasteiger partial charge is 0.161 e. The molecule has 3 rings (SSSR count). The number of phenols is 1. The number of aromatic nitrogens is 1. The molecule has 1 heterocycles. The first-order chi connectivity index (χ1) is 10.2. The number of fused-ring (bicyclic) bond motifs is 1. The van der Waals surface area contributed by atoms with Crippen molar-refractivity contribution in [1.29, 1.82) is 0 Å². The summed E-state index contributed by atoms with van der Waals surface area (Å²) >= 11 is 0. The number of pyridine rings is 1. The number of rotatable bonds is 3. The van der Waals surface area contributed by atoms with Gasteiger partial charge < -0.3 is 14.6 Å². The third kappa shape index (κ3) is 2.36. The van der Waals surface area contributed by atoms with Gasteiger partial charge in [0, 0.05) is 17.0 Å². The Balaban J connectivity index is 2.20. The molecule has 3 aromatic rings. The van der Waals surface area contributed by atoms with Crippen LogP contribution in [0.3, 0.4) is 0 Å². The van der Waals surface area contributed by atoms with Crippen LogP contribution in [0.25, 0.3) is 22.2 Å². The van der Waals surface area contributed by atoms with Gasteiger partial charge >= 0.3 is 0 Å². The predicted octanol–water partition coefficient (Wildman–Crippen LogP) is 3.62. The van der Waals surface area contributed by atoms with Gasteiger partial charge in [0.1, 0.15) is 5.75 Å². The highest BCUT2D eigenvalue weighted by atomic mass is 16.5. The quantitative estimate of drug-likeness (QED) is 0.796. The van der Waals surface area contributed by atoms with Crippen molar-refractivity contribution in [2.75, 3.05) is 14.2 Å². The summed E-state index contributed by atoms with van der Waals surface area (Å²) in [7, 11) is 3.16. The van der Waals surface area contributed by atoms with E-state index < -0.39 is 0 Å². The number of aromatic hydroxyl groups is 1. The number of hydrogen-bond donors (Lipinski definition) is 1. The van der Waals surface area contributed by atoms with Gasteiger partial charge in [0.05, 0.1) is 25.4 Å². The number of phenolic OH excluding ortho intramolecular Hbond substituents is 1. The van der Waals surface area contributed by atoms with E-state index in [0.29, 0.717) is 5.75 Å². The van der Waals surface area contributed by atoms with Gasteiger partial charge in [-0.2, -0.15) is 0 Å². The topological polar surface area (TPSA) is 51.6 Å². The van der Waals surface area contributed by atoms with Crippen molar-refractivity contribution >= 4 is 10.9 Å². The van der Waals surface area contributed by atoms with Crippen molar-refractivity contribution in [3.63, 3.8) is 0 Å². The van der Waals surface area contributed by atoms with Crippen molar-refractivity contribution < 1.29 is 14.6 Å². The van der Waals surface area contributed by atoms with Gasteiger partial charge in [0.15, 0.2) is 11.5 Å². The number of methoxy groups -OCH3 is 2. The lowest BCUT2D eigenvalue weighted by molar-refractivity contribution is 0.373. The standard InChI is InChI=1S/C17H15NO3/c1-20-16-10-14(18-13-6-4-3-5-12(13)16)11-7-8-15(19)17(9-11)21-2/h3-10,19H,1-2H3. The minimum absolute atomic E-state index is 0.106. The van der Waals surface area contributed by atoms with E-state index in [9.17, 15) is 5.11 Å². The molecule has 0 atom stereocenters. The fourth-order valence-corrected chi connectivity index (χ4v) is 2.30. The Morgan fingerprint density at radius 1 is 0.905 bits per heavy atom. The van der Waals surface area contributed by atoms with E-state index in [0.717, 1.165) is 27.9 Å². The Labute approximate surface area is 122 Å². The molecular formula is C17H15NO3. The summed E-state index contributed by atoms with van der Waals surface area (Å²) in [5.74, 6) is 1.29. The van der Waals surface area contributed by atoms with Crippen LogP contribution in [-0.2, 0) is 0 Å². The SMILES string of the molecule is COc1cc(-c2cc(OC)c3ccccc3n2)ccc1O. The number of benzene rings is 2. The number of ether oxygens (including phenoxy) is 2. The average molecular weight is 281 g/mol. The molecule has 21 heavy (non-hydrogen) atoms. The maximum absolute atomic E-state index is 9.68. The van der Waals surface area contributed by atoms with Crippen molar-refractivity contribution in [3.05, 3.63) is 48.5 Å². The summed E-state index contributed by atoms with van der Waals surface area (Å²) in [5, 5.41) is 10.7. The molecule has 0 radical (unpaired) electrons. The molecule has 106 valence electrons. The Morgan fingerprint density at radius 2 is 1.67 bits per heavy atom. The van der Waals surface area contributed by atoms with Crippen LogP contribution in [0.4, 0.5) is 0 Å². The Kier molecular flexibility index (Phi) is 3.36. The summed E-state index contributed by atoms with van der Waals surface area (Å²) < 4.78 is 10.6. The molecule has 0 aliphatic heterocycles. The van der Waals surface area contributed by atoms with Gasteiger partial charge in [-0.3, -0.25) is 0 Å². The Bertz CT molecular complexity index is 799. The summed E-state index contributed by atoms with van der Waals surface area (Å²) in [4.78, 5) is 4.64. The van der Waals surface area contributed by atoms with E-state index in [1.54, 1.807) is 25.3 Å². The summed E-state index contributed by atoms with van der Waals surface area (Å²) in [6.07, 6.45) is 0. The summed E-state index contributed by atoms with van der Waals surface area (Å²) in [6.45, 7) is 0. The van der Waals surface area contributed by atoms with Gasteiger partial charge in [-0.05, 0) is 30.3 Å². The van der Waals surface area contributed by atoms with E-state index in [2.05, 4.69) is 4.98 Å². The molecule has 0 amide bonds. The molecule has 2 aromatic carbocycles. The molecule has 0 aliphatic rings. The Hall–Kier alpha value is -2.75. The largest absolute Gasteiger partial charge is 0.504 e. The zero-order chi connectivity index (χ0) is 14.8. The maximum Gasteiger partial charge on any atom is 0.161 e. The van der Waals surface area contributed by atoms with Crippen molar-refractivity contribution in [1.82, 2.24) is 4.98 Å². The second kappa shape index (κ2) is 5.32. The molecule has 4 heteroatoms. The molecule has 0 unspecified atom stereocenters. The van der Waals surface area contributed by atoms with E-state index in [-0.39, 0.29) is 5.75 Å². The van der Waals surface area contributed by atoms with Gasteiger partial charge in [0.2, 0.25) is 0 Å². The summed E-state index contributed by atoms with van der Waals surface area (Å²) in [6, 6.07) is 14.8. The second-order valence-electron chi connectivity index (χ2n) is 4.61. The first-order valence-electron chi connectivity index (χ1n) is 6.54. The van der Waals surface area contributed by atoms with Gasteiger partial charge in [-0.1, -0.05) is 12.1 Å². The highest BCUT2D eigenvalue weighted by molar-refractivity contribution is 5.88. The monoisotopic (exact) mass is 281 g/mol. The highest BCUT2D eigenvalue weighted by Crippen LogP contribution is 2.34. The van der Waals surface area contributed by atoms with Crippen LogP contribution in [0.5, 0.6) is 17.2 Å². The lowest BCUT2D eigenvalue weighted by Gasteiger charge is -2.10. The highest BCUT2D eigenvalue weighted by Gasteiger charge is 2.10. The number of para-hydroxylation sites is 1. The van der Waals surface area contributed by atoms with Crippen LogP contribution in [0.2, 0.25) is 0 Å². The molecule has 0 spiro atoms. The van der Waals surface area contributed by atoms with Gasteiger partial charge in [0.25, 0.3) is 0 Å². The van der Waals surface area contributed by atoms with Gasteiger partial charge in [-0.25, -0.2) is 4.98 Å². The normalized spacial score (nSPS) is 10.6. The maximum atomic E-state index is 9.68. The van der Waals surface area contributed by atoms with E-state index in [4.69, 9.17) is 9.47 Å². The average Bonchev–Trinajstić information content (AvgIpc) is 2.54. The van der Waals surface area contributed by atoms with Crippen LogP contribution in [0.1, 0.15) is 0 Å². The molecule has 0 fully saturated rings. The molecule has 1 aromatic heterocycles. The molecular weight excluding hydrogens is 266 g/mol. The van der Waals surface area contributed by atoms with Crippen molar-refractivity contribution in [2.45, 2.75) is 0 Å². The first-order valence-corrected chi connectivity index (χ1v) is 6.54. The Morgan fingerprint density at radius 3 is 2.43 bits per heavy atom. The number of hydrogen-bond acceptors (Lipinski definition) is 4. The van der Waals surface area contributed by atoms with E-state index in [1.807, 2.05) is 30.3 Å². The third-order valence-electron chi connectivity index (χ3n) is 3.37.